The number of hydrogen-bond donors (Lipinski definition) is 1. The third-order valence-electron chi connectivity index (χ3n) is 3.28. The third kappa shape index (κ3) is 3.70. The van der Waals surface area contributed by atoms with E-state index < -0.39 is 0 Å². The van der Waals surface area contributed by atoms with Gasteiger partial charge in [-0.2, -0.15) is 0 Å². The van der Waals surface area contributed by atoms with Crippen LogP contribution in [-0.4, -0.2) is 37.2 Å². The normalized spacial score (nSPS) is 16.3. The maximum absolute atomic E-state index is 12.0. The average Bonchev–Trinajstić information content (AvgIpc) is 2.39. The first kappa shape index (κ1) is 13.9. The lowest BCUT2D eigenvalue weighted by molar-refractivity contribution is 0.146. The van der Waals surface area contributed by atoms with E-state index in [1.54, 1.807) is 4.90 Å². The molecule has 0 unspecified atom stereocenters. The van der Waals surface area contributed by atoms with Crippen LogP contribution in [0, 0.1) is 0 Å². The number of carbonyl (C=O) groups excluding carboxylic acids is 1. The van der Waals surface area contributed by atoms with Crippen molar-refractivity contribution >= 4 is 6.09 Å². The molecule has 0 saturated carbocycles. The molecular weight excluding hydrogens is 240 g/mol. The molecule has 1 heterocycles. The molecule has 0 atom stereocenters. The molecule has 19 heavy (non-hydrogen) atoms. The summed E-state index contributed by atoms with van der Waals surface area (Å²) in [5, 5.41) is 3.21. The molecule has 1 saturated heterocycles. The minimum Gasteiger partial charge on any atom is -0.410 e. The summed E-state index contributed by atoms with van der Waals surface area (Å²) in [6.45, 7) is 9.50. The van der Waals surface area contributed by atoms with Gasteiger partial charge in [-0.05, 0) is 23.1 Å². The van der Waals surface area contributed by atoms with Crippen LogP contribution in [0.3, 0.4) is 0 Å². The average molecular weight is 262 g/mol. The fraction of sp³-hybridized carbons (Fsp3) is 0.533. The van der Waals surface area contributed by atoms with Crippen LogP contribution in [0.25, 0.3) is 0 Å². The van der Waals surface area contributed by atoms with E-state index in [1.807, 2.05) is 18.2 Å². The molecule has 0 spiro atoms. The van der Waals surface area contributed by atoms with Crippen molar-refractivity contribution in [1.29, 1.82) is 0 Å². The van der Waals surface area contributed by atoms with Crippen molar-refractivity contribution in [3.05, 3.63) is 29.8 Å². The lowest BCUT2D eigenvalue weighted by Gasteiger charge is -2.26. The predicted molar refractivity (Wildman–Crippen MR) is 75.6 cm³/mol. The highest BCUT2D eigenvalue weighted by Gasteiger charge is 2.19. The lowest BCUT2D eigenvalue weighted by Crippen LogP contribution is -2.47. The second-order valence-corrected chi connectivity index (χ2v) is 5.88. The van der Waals surface area contributed by atoms with E-state index >= 15 is 0 Å². The van der Waals surface area contributed by atoms with Crippen LogP contribution in [0.2, 0.25) is 0 Å². The summed E-state index contributed by atoms with van der Waals surface area (Å²) in [4.78, 5) is 13.7. The van der Waals surface area contributed by atoms with Gasteiger partial charge in [0.15, 0.2) is 0 Å². The zero-order valence-electron chi connectivity index (χ0n) is 11.9. The van der Waals surface area contributed by atoms with Crippen molar-refractivity contribution in [1.82, 2.24) is 10.2 Å². The van der Waals surface area contributed by atoms with Crippen molar-refractivity contribution in [2.45, 2.75) is 26.2 Å². The molecule has 1 aliphatic rings. The topological polar surface area (TPSA) is 41.6 Å². The first-order valence-corrected chi connectivity index (χ1v) is 6.75. The van der Waals surface area contributed by atoms with E-state index in [0.717, 1.165) is 18.7 Å². The van der Waals surface area contributed by atoms with Crippen LogP contribution in [0.5, 0.6) is 5.75 Å². The lowest BCUT2D eigenvalue weighted by atomic mass is 9.87. The monoisotopic (exact) mass is 262 g/mol. The molecule has 2 rings (SSSR count). The number of ether oxygens (including phenoxy) is 1. The van der Waals surface area contributed by atoms with Crippen LogP contribution in [0.15, 0.2) is 24.3 Å². The van der Waals surface area contributed by atoms with E-state index in [9.17, 15) is 4.79 Å². The SMILES string of the molecule is CC(C)(C)c1cccc(OC(=O)N2CCNCC2)c1. The quantitative estimate of drug-likeness (QED) is 0.845. The standard InChI is InChI=1S/C15H22N2O2/c1-15(2,3)12-5-4-6-13(11-12)19-14(18)17-9-7-16-8-10-17/h4-6,11,16H,7-10H2,1-3H3. The van der Waals surface area contributed by atoms with Crippen molar-refractivity contribution < 1.29 is 9.53 Å². The van der Waals surface area contributed by atoms with Crippen molar-refractivity contribution in [2.24, 2.45) is 0 Å². The Morgan fingerprint density at radius 2 is 1.95 bits per heavy atom. The Hall–Kier alpha value is -1.55. The number of carbonyl (C=O) groups is 1. The van der Waals surface area contributed by atoms with Gasteiger partial charge < -0.3 is 15.0 Å². The molecule has 1 amide bonds. The Labute approximate surface area is 114 Å². The molecule has 104 valence electrons. The van der Waals surface area contributed by atoms with E-state index in [1.165, 1.54) is 0 Å². The van der Waals surface area contributed by atoms with E-state index in [4.69, 9.17) is 4.74 Å². The molecule has 1 aromatic carbocycles. The fourth-order valence-electron chi connectivity index (χ4n) is 2.04. The third-order valence-corrected chi connectivity index (χ3v) is 3.28. The molecule has 1 aliphatic heterocycles. The molecule has 4 nitrogen and oxygen atoms in total. The largest absolute Gasteiger partial charge is 0.415 e. The van der Waals surface area contributed by atoms with Gasteiger partial charge in [-0.3, -0.25) is 0 Å². The van der Waals surface area contributed by atoms with Gasteiger partial charge in [0, 0.05) is 26.2 Å². The van der Waals surface area contributed by atoms with Gasteiger partial charge in [0.2, 0.25) is 0 Å². The zero-order chi connectivity index (χ0) is 13.9. The summed E-state index contributed by atoms with van der Waals surface area (Å²) >= 11 is 0. The number of piperazine rings is 1. The molecule has 0 bridgehead atoms. The van der Waals surface area contributed by atoms with E-state index in [0.29, 0.717) is 18.8 Å². The van der Waals surface area contributed by atoms with Gasteiger partial charge in [0.05, 0.1) is 0 Å². The number of nitrogens with zero attached hydrogens (tertiary/aromatic N) is 1. The Balaban J connectivity index is 2.04. The van der Waals surface area contributed by atoms with Gasteiger partial charge in [0.1, 0.15) is 5.75 Å². The predicted octanol–water partition coefficient (Wildman–Crippen LogP) is 2.39. The first-order chi connectivity index (χ1) is 8.97. The van der Waals surface area contributed by atoms with Crippen LogP contribution in [0.1, 0.15) is 26.3 Å². The summed E-state index contributed by atoms with van der Waals surface area (Å²) in [6.07, 6.45) is -0.257. The van der Waals surface area contributed by atoms with E-state index in [-0.39, 0.29) is 11.5 Å². The van der Waals surface area contributed by atoms with Crippen LogP contribution in [0.4, 0.5) is 4.79 Å². The van der Waals surface area contributed by atoms with Crippen LogP contribution in [-0.2, 0) is 5.41 Å². The van der Waals surface area contributed by atoms with Gasteiger partial charge in [-0.25, -0.2) is 4.79 Å². The number of rotatable bonds is 1. The van der Waals surface area contributed by atoms with Crippen molar-refractivity contribution in [2.75, 3.05) is 26.2 Å². The van der Waals surface area contributed by atoms with Gasteiger partial charge in [-0.1, -0.05) is 32.9 Å². The molecule has 0 aromatic heterocycles. The number of hydrogen-bond acceptors (Lipinski definition) is 3. The molecule has 0 radical (unpaired) electrons. The highest BCUT2D eigenvalue weighted by Crippen LogP contribution is 2.25. The summed E-state index contributed by atoms with van der Waals surface area (Å²) in [5.41, 5.74) is 1.22. The summed E-state index contributed by atoms with van der Waals surface area (Å²) in [6, 6.07) is 7.76. The Morgan fingerprint density at radius 1 is 1.26 bits per heavy atom. The molecule has 0 aliphatic carbocycles. The van der Waals surface area contributed by atoms with Crippen LogP contribution < -0.4 is 10.1 Å². The second-order valence-electron chi connectivity index (χ2n) is 5.88. The van der Waals surface area contributed by atoms with Crippen molar-refractivity contribution in [3.63, 3.8) is 0 Å². The van der Waals surface area contributed by atoms with Gasteiger partial charge in [0.25, 0.3) is 0 Å². The Morgan fingerprint density at radius 3 is 2.58 bits per heavy atom. The smallest absolute Gasteiger partial charge is 0.410 e. The van der Waals surface area contributed by atoms with E-state index in [2.05, 4.69) is 32.2 Å². The maximum atomic E-state index is 12.0. The zero-order valence-corrected chi connectivity index (χ0v) is 11.9. The Bertz CT molecular complexity index is 446. The molecule has 1 N–H and O–H groups in total. The molecule has 4 heteroatoms. The first-order valence-electron chi connectivity index (χ1n) is 6.75. The number of amides is 1. The molecule has 1 aromatic rings. The Kier molecular flexibility index (Phi) is 4.10. The highest BCUT2D eigenvalue weighted by molar-refractivity contribution is 5.70. The number of nitrogens with one attached hydrogen (secondary N) is 1. The summed E-state index contributed by atoms with van der Waals surface area (Å²) in [7, 11) is 0. The summed E-state index contributed by atoms with van der Waals surface area (Å²) < 4.78 is 5.45. The van der Waals surface area contributed by atoms with Crippen LogP contribution >= 0.6 is 0 Å². The van der Waals surface area contributed by atoms with Crippen molar-refractivity contribution in [3.8, 4) is 5.75 Å². The molecular formula is C15H22N2O2. The summed E-state index contributed by atoms with van der Waals surface area (Å²) in [5.74, 6) is 0.621. The second kappa shape index (κ2) is 5.61. The van der Waals surface area contributed by atoms with Gasteiger partial charge >= 0.3 is 6.09 Å². The number of benzene rings is 1. The highest BCUT2D eigenvalue weighted by atomic mass is 16.6. The minimum absolute atomic E-state index is 0.0530. The molecule has 1 fully saturated rings. The fourth-order valence-corrected chi connectivity index (χ4v) is 2.04. The minimum atomic E-state index is -0.257. The van der Waals surface area contributed by atoms with Gasteiger partial charge in [-0.15, -0.1) is 0 Å². The maximum Gasteiger partial charge on any atom is 0.415 e.